The Kier molecular flexibility index (Phi) is 10.5. The van der Waals surface area contributed by atoms with Crippen molar-refractivity contribution < 1.29 is 0 Å². The minimum Gasteiger partial charge on any atom is -0.192 e. The zero-order valence-corrected chi connectivity index (χ0v) is 14.9. The smallest absolute Gasteiger partial charge is 0.125 e. The minimum absolute atomic E-state index is 0.236. The molecule has 1 rings (SSSR count). The van der Waals surface area contributed by atoms with E-state index in [1.165, 1.54) is 0 Å². The Morgan fingerprint density at radius 2 is 0.800 bits per heavy atom. The lowest BCUT2D eigenvalue weighted by Crippen LogP contribution is -1.99. The summed E-state index contributed by atoms with van der Waals surface area (Å²) >= 11 is 0. The minimum atomic E-state index is 0.236. The summed E-state index contributed by atoms with van der Waals surface area (Å²) in [6.45, 7) is 0. The molecule has 0 aromatic heterocycles. The summed E-state index contributed by atoms with van der Waals surface area (Å²) in [6.07, 6.45) is 15.7. The van der Waals surface area contributed by atoms with Gasteiger partial charge < -0.3 is 0 Å². The molecule has 0 saturated heterocycles. The maximum Gasteiger partial charge on any atom is 0.125 e. The molecule has 0 radical (unpaired) electrons. The summed E-state index contributed by atoms with van der Waals surface area (Å²) in [5.74, 6) is 0.657. The first kappa shape index (κ1) is 20.5. The van der Waals surface area contributed by atoms with Crippen molar-refractivity contribution in [2.24, 2.45) is 11.8 Å². The first-order chi connectivity index (χ1) is 12.2. The Morgan fingerprint density at radius 1 is 0.520 bits per heavy atom. The summed E-state index contributed by atoms with van der Waals surface area (Å²) in [6, 6.07) is 7.88. The van der Waals surface area contributed by atoms with Crippen molar-refractivity contribution in [3.8, 4) is 24.3 Å². The van der Waals surface area contributed by atoms with Crippen LogP contribution in [0.25, 0.3) is 0 Å². The summed E-state index contributed by atoms with van der Waals surface area (Å²) in [4.78, 5) is 0. The molecule has 0 spiro atoms. The van der Waals surface area contributed by atoms with Crippen LogP contribution in [0.5, 0.6) is 0 Å². The molecule has 0 aromatic rings. The van der Waals surface area contributed by atoms with Crippen LogP contribution in [0.15, 0.2) is 23.3 Å². The molecule has 2 unspecified atom stereocenters. The van der Waals surface area contributed by atoms with Crippen LogP contribution in [0.3, 0.4) is 0 Å². The summed E-state index contributed by atoms with van der Waals surface area (Å²) in [5.41, 5.74) is 0.472. The van der Waals surface area contributed by atoms with E-state index < -0.39 is 0 Å². The fourth-order valence-corrected chi connectivity index (χ4v) is 3.45. The van der Waals surface area contributed by atoms with Gasteiger partial charge in [0.05, 0.1) is 0 Å². The van der Waals surface area contributed by atoms with E-state index in [0.717, 1.165) is 70.6 Å². The highest BCUT2D eigenvalue weighted by molar-refractivity contribution is 5.36. The molecule has 4 heteroatoms. The maximum atomic E-state index is 8.95. The molecule has 4 nitrogen and oxygen atoms in total. The molecule has 0 heterocycles. The first-order valence-electron chi connectivity index (χ1n) is 9.27. The number of hydrogen-bond acceptors (Lipinski definition) is 4. The molecule has 1 saturated carbocycles. The Balaban J connectivity index is 2.66. The fourth-order valence-electron chi connectivity index (χ4n) is 3.45. The third kappa shape index (κ3) is 8.74. The standard InChI is InChI=1S/C21H26N4/c22-14-20(15-23)12-18-8-4-1-2-5-9-19(11-7-3-6-10-18)13-21(16-24)17-25/h12-13,18-19H,1-11H2. The molecular weight excluding hydrogens is 308 g/mol. The second kappa shape index (κ2) is 12.8. The third-order valence-corrected chi connectivity index (χ3v) is 4.84. The largest absolute Gasteiger partial charge is 0.192 e. The molecule has 130 valence electrons. The predicted octanol–water partition coefficient (Wildman–Crippen LogP) is 5.47. The van der Waals surface area contributed by atoms with E-state index in [2.05, 4.69) is 0 Å². The van der Waals surface area contributed by atoms with Gasteiger partial charge in [0.15, 0.2) is 0 Å². The van der Waals surface area contributed by atoms with Gasteiger partial charge in [-0.05, 0) is 37.5 Å². The van der Waals surface area contributed by atoms with Crippen LogP contribution in [0.4, 0.5) is 0 Å². The number of allylic oxidation sites excluding steroid dienone is 4. The Labute approximate surface area is 151 Å². The van der Waals surface area contributed by atoms with Gasteiger partial charge in [-0.1, -0.05) is 57.1 Å². The monoisotopic (exact) mass is 334 g/mol. The second-order valence-corrected chi connectivity index (χ2v) is 6.76. The van der Waals surface area contributed by atoms with E-state index >= 15 is 0 Å². The molecule has 25 heavy (non-hydrogen) atoms. The van der Waals surface area contributed by atoms with Gasteiger partial charge in [-0.2, -0.15) is 21.0 Å². The van der Waals surface area contributed by atoms with Crippen molar-refractivity contribution in [3.05, 3.63) is 23.3 Å². The number of nitriles is 4. The van der Waals surface area contributed by atoms with Gasteiger partial charge in [0.25, 0.3) is 0 Å². The molecule has 2 atom stereocenters. The van der Waals surface area contributed by atoms with Crippen LogP contribution < -0.4 is 0 Å². The van der Waals surface area contributed by atoms with Gasteiger partial charge in [-0.15, -0.1) is 0 Å². The van der Waals surface area contributed by atoms with E-state index in [1.807, 2.05) is 36.4 Å². The van der Waals surface area contributed by atoms with E-state index in [9.17, 15) is 0 Å². The first-order valence-corrected chi connectivity index (χ1v) is 9.27. The SMILES string of the molecule is N#CC(C#N)=CC1CCCCCCC(C=C(C#N)C#N)CCCCC1. The lowest BCUT2D eigenvalue weighted by Gasteiger charge is -2.13. The van der Waals surface area contributed by atoms with Gasteiger partial charge in [0, 0.05) is 0 Å². The number of nitrogens with zero attached hydrogens (tertiary/aromatic N) is 4. The van der Waals surface area contributed by atoms with Crippen LogP contribution in [-0.4, -0.2) is 0 Å². The maximum absolute atomic E-state index is 8.95. The molecule has 0 bridgehead atoms. The van der Waals surface area contributed by atoms with E-state index in [4.69, 9.17) is 21.0 Å². The molecule has 0 aromatic carbocycles. The van der Waals surface area contributed by atoms with Crippen molar-refractivity contribution in [3.63, 3.8) is 0 Å². The van der Waals surface area contributed by atoms with Crippen molar-refractivity contribution in [1.29, 1.82) is 21.0 Å². The Bertz CT molecular complexity index is 543. The topological polar surface area (TPSA) is 95.2 Å². The van der Waals surface area contributed by atoms with E-state index in [-0.39, 0.29) is 11.1 Å². The Morgan fingerprint density at radius 3 is 1.08 bits per heavy atom. The van der Waals surface area contributed by atoms with Crippen LogP contribution >= 0.6 is 0 Å². The van der Waals surface area contributed by atoms with Crippen LogP contribution in [-0.2, 0) is 0 Å². The lowest BCUT2D eigenvalue weighted by atomic mass is 9.92. The van der Waals surface area contributed by atoms with Crippen LogP contribution in [0, 0.1) is 57.2 Å². The van der Waals surface area contributed by atoms with Crippen LogP contribution in [0.2, 0.25) is 0 Å². The zero-order chi connectivity index (χ0) is 18.3. The molecule has 1 aliphatic carbocycles. The van der Waals surface area contributed by atoms with Crippen molar-refractivity contribution in [1.82, 2.24) is 0 Å². The highest BCUT2D eigenvalue weighted by Gasteiger charge is 2.11. The Hall–Kier alpha value is -2.56. The molecule has 0 amide bonds. The van der Waals surface area contributed by atoms with Gasteiger partial charge >= 0.3 is 0 Å². The highest BCUT2D eigenvalue weighted by atomic mass is 14.3. The normalized spacial score (nSPS) is 22.1. The van der Waals surface area contributed by atoms with Gasteiger partial charge in [-0.25, -0.2) is 0 Å². The zero-order valence-electron chi connectivity index (χ0n) is 14.9. The number of hydrogen-bond donors (Lipinski definition) is 0. The fraction of sp³-hybridized carbons (Fsp3) is 0.619. The van der Waals surface area contributed by atoms with Crippen molar-refractivity contribution in [2.75, 3.05) is 0 Å². The average molecular weight is 334 g/mol. The molecular formula is C21H26N4. The van der Waals surface area contributed by atoms with Gasteiger partial charge in [0.2, 0.25) is 0 Å². The summed E-state index contributed by atoms with van der Waals surface area (Å²) < 4.78 is 0. The van der Waals surface area contributed by atoms with Crippen molar-refractivity contribution >= 4 is 0 Å². The van der Waals surface area contributed by atoms with Crippen LogP contribution in [0.1, 0.15) is 70.6 Å². The second-order valence-electron chi connectivity index (χ2n) is 6.76. The van der Waals surface area contributed by atoms with Gasteiger partial charge in [-0.3, -0.25) is 0 Å². The summed E-state index contributed by atoms with van der Waals surface area (Å²) in [7, 11) is 0. The third-order valence-electron chi connectivity index (χ3n) is 4.84. The molecule has 0 N–H and O–H groups in total. The quantitative estimate of drug-likeness (QED) is 0.625. The molecule has 1 aliphatic rings. The predicted molar refractivity (Wildman–Crippen MR) is 96.4 cm³/mol. The van der Waals surface area contributed by atoms with Gasteiger partial charge in [0.1, 0.15) is 35.4 Å². The van der Waals surface area contributed by atoms with E-state index in [1.54, 1.807) is 0 Å². The molecule has 0 aliphatic heterocycles. The summed E-state index contributed by atoms with van der Waals surface area (Å²) in [5, 5.41) is 35.8. The lowest BCUT2D eigenvalue weighted by molar-refractivity contribution is 0.469. The van der Waals surface area contributed by atoms with Crippen molar-refractivity contribution in [2.45, 2.75) is 70.6 Å². The highest BCUT2D eigenvalue weighted by Crippen LogP contribution is 2.25. The number of rotatable bonds is 2. The average Bonchev–Trinajstić information content (AvgIpc) is 2.66. The molecule has 1 fully saturated rings. The van der Waals surface area contributed by atoms with E-state index in [0.29, 0.717) is 11.8 Å².